The third-order valence-electron chi connectivity index (χ3n) is 6.94. The highest BCUT2D eigenvalue weighted by Gasteiger charge is 2.37. The predicted molar refractivity (Wildman–Crippen MR) is 154 cm³/mol. The minimum Gasteiger partial charge on any atom is -0.508 e. The van der Waals surface area contributed by atoms with E-state index >= 15 is 0 Å². The van der Waals surface area contributed by atoms with Gasteiger partial charge in [-0.3, -0.25) is 9.69 Å². The quantitative estimate of drug-likeness (QED) is 0.266. The van der Waals surface area contributed by atoms with Crippen LogP contribution in [0.15, 0.2) is 53.6 Å². The molecule has 0 radical (unpaired) electrons. The molecule has 1 atom stereocenters. The number of para-hydroxylation sites is 1. The number of hydrogen-bond acceptors (Lipinski definition) is 6. The summed E-state index contributed by atoms with van der Waals surface area (Å²) in [6.07, 6.45) is 8.60. The first-order valence-corrected chi connectivity index (χ1v) is 13.4. The lowest BCUT2D eigenvalue weighted by atomic mass is 10.0. The molecule has 0 aliphatic carbocycles. The fourth-order valence-electron chi connectivity index (χ4n) is 4.97. The highest BCUT2D eigenvalue weighted by molar-refractivity contribution is 6.15. The number of fused-ring (bicyclic) bond motifs is 2. The lowest BCUT2D eigenvalue weighted by molar-refractivity contribution is 0.0860. The number of anilines is 3. The standard InChI is InChI=1S/C31H42N2O5/c1-7-32-29-24(15-10-16-26(29)35)31(37)33(25-18-23(34)19-27(36)30(25)32)28(38-6)17-22(5)14-9-13-21(4)12-8-11-20(2)3/h10,13,15-20,28,34-36H,7-9,11-12,14H2,1-6H3. The molecule has 206 valence electrons. The van der Waals surface area contributed by atoms with Crippen molar-refractivity contribution in [2.75, 3.05) is 23.5 Å². The van der Waals surface area contributed by atoms with Gasteiger partial charge in [0.15, 0.2) is 6.23 Å². The molecule has 0 saturated heterocycles. The zero-order valence-corrected chi connectivity index (χ0v) is 23.5. The highest BCUT2D eigenvalue weighted by Crippen LogP contribution is 2.50. The van der Waals surface area contributed by atoms with Gasteiger partial charge in [-0.2, -0.15) is 0 Å². The highest BCUT2D eigenvalue weighted by atomic mass is 16.5. The molecule has 1 aliphatic heterocycles. The molecule has 0 saturated carbocycles. The van der Waals surface area contributed by atoms with Crippen LogP contribution in [-0.4, -0.2) is 41.1 Å². The molecule has 1 unspecified atom stereocenters. The second-order valence-corrected chi connectivity index (χ2v) is 10.4. The molecule has 7 nitrogen and oxygen atoms in total. The van der Waals surface area contributed by atoms with E-state index in [0.717, 1.165) is 30.8 Å². The van der Waals surface area contributed by atoms with Gasteiger partial charge in [0.05, 0.1) is 16.9 Å². The molecule has 0 spiro atoms. The molecule has 3 N–H and O–H groups in total. The molecule has 2 aromatic carbocycles. The van der Waals surface area contributed by atoms with Gasteiger partial charge < -0.3 is 25.0 Å². The Hall–Kier alpha value is -3.45. The topological polar surface area (TPSA) is 93.5 Å². The van der Waals surface area contributed by atoms with Crippen LogP contribution in [0.3, 0.4) is 0 Å². The first-order valence-electron chi connectivity index (χ1n) is 13.4. The first-order chi connectivity index (χ1) is 18.1. The molecule has 7 heteroatoms. The van der Waals surface area contributed by atoms with Gasteiger partial charge in [0, 0.05) is 25.8 Å². The smallest absolute Gasteiger partial charge is 0.262 e. The molecule has 38 heavy (non-hydrogen) atoms. The van der Waals surface area contributed by atoms with Crippen molar-refractivity contribution in [2.45, 2.75) is 73.0 Å². The van der Waals surface area contributed by atoms with E-state index in [4.69, 9.17) is 4.74 Å². The van der Waals surface area contributed by atoms with E-state index in [2.05, 4.69) is 26.8 Å². The largest absolute Gasteiger partial charge is 0.508 e. The lowest BCUT2D eigenvalue weighted by Gasteiger charge is -2.31. The number of allylic oxidation sites excluding steroid dienone is 3. The molecule has 1 amide bonds. The number of benzene rings is 2. The Morgan fingerprint density at radius 2 is 1.76 bits per heavy atom. The van der Waals surface area contributed by atoms with Crippen molar-refractivity contribution in [3.05, 3.63) is 59.2 Å². The summed E-state index contributed by atoms with van der Waals surface area (Å²) in [5.74, 6) is -0.151. The normalized spacial score (nSPS) is 15.0. The van der Waals surface area contributed by atoms with Crippen LogP contribution in [0.2, 0.25) is 0 Å². The van der Waals surface area contributed by atoms with Crippen molar-refractivity contribution in [1.82, 2.24) is 0 Å². The lowest BCUT2D eigenvalue weighted by Crippen LogP contribution is -2.40. The number of amides is 1. The number of hydrogen-bond donors (Lipinski definition) is 3. The second-order valence-electron chi connectivity index (χ2n) is 10.4. The van der Waals surface area contributed by atoms with E-state index in [1.54, 1.807) is 17.0 Å². The number of aromatic hydroxyl groups is 3. The summed E-state index contributed by atoms with van der Waals surface area (Å²) in [4.78, 5) is 17.1. The fraction of sp³-hybridized carbons (Fsp3) is 0.452. The van der Waals surface area contributed by atoms with E-state index in [-0.39, 0.29) is 22.8 Å². The Bertz CT molecular complexity index is 1200. The monoisotopic (exact) mass is 522 g/mol. The molecular formula is C31H42N2O5. The summed E-state index contributed by atoms with van der Waals surface area (Å²) in [5.41, 5.74) is 3.62. The van der Waals surface area contributed by atoms with Crippen molar-refractivity contribution in [1.29, 1.82) is 0 Å². The fourth-order valence-corrected chi connectivity index (χ4v) is 4.97. The molecule has 1 heterocycles. The van der Waals surface area contributed by atoms with Crippen LogP contribution < -0.4 is 9.80 Å². The average molecular weight is 523 g/mol. The molecular weight excluding hydrogens is 480 g/mol. The molecule has 0 aromatic heterocycles. The maximum Gasteiger partial charge on any atom is 0.262 e. The Kier molecular flexibility index (Phi) is 9.86. The maximum absolute atomic E-state index is 14.0. The number of carbonyl (C=O) groups excluding carboxylic acids is 1. The maximum atomic E-state index is 14.0. The summed E-state index contributed by atoms with van der Waals surface area (Å²) in [5, 5.41) is 32.0. The summed E-state index contributed by atoms with van der Waals surface area (Å²) < 4.78 is 5.81. The van der Waals surface area contributed by atoms with Crippen LogP contribution in [0, 0.1) is 5.92 Å². The van der Waals surface area contributed by atoms with Gasteiger partial charge in [-0.1, -0.05) is 43.6 Å². The van der Waals surface area contributed by atoms with Crippen LogP contribution in [0.5, 0.6) is 17.2 Å². The summed E-state index contributed by atoms with van der Waals surface area (Å²) in [6.45, 7) is 10.9. The minimum atomic E-state index is -0.800. The zero-order valence-electron chi connectivity index (χ0n) is 23.5. The molecule has 3 rings (SSSR count). The van der Waals surface area contributed by atoms with Crippen molar-refractivity contribution in [3.63, 3.8) is 0 Å². The number of methoxy groups -OCH3 is 1. The van der Waals surface area contributed by atoms with E-state index in [9.17, 15) is 20.1 Å². The number of phenols is 3. The van der Waals surface area contributed by atoms with Gasteiger partial charge in [0.2, 0.25) is 0 Å². The van der Waals surface area contributed by atoms with Crippen LogP contribution in [-0.2, 0) is 4.74 Å². The van der Waals surface area contributed by atoms with E-state index < -0.39 is 12.1 Å². The summed E-state index contributed by atoms with van der Waals surface area (Å²) in [7, 11) is 1.52. The number of rotatable bonds is 11. The Morgan fingerprint density at radius 3 is 2.42 bits per heavy atom. The molecule has 2 aromatic rings. The van der Waals surface area contributed by atoms with Gasteiger partial charge in [-0.15, -0.1) is 0 Å². The third kappa shape index (κ3) is 6.51. The Balaban J connectivity index is 1.97. The van der Waals surface area contributed by atoms with Gasteiger partial charge in [-0.05, 0) is 70.6 Å². The van der Waals surface area contributed by atoms with Gasteiger partial charge in [0.1, 0.15) is 22.9 Å². The van der Waals surface area contributed by atoms with Gasteiger partial charge >= 0.3 is 0 Å². The van der Waals surface area contributed by atoms with Gasteiger partial charge in [0.25, 0.3) is 5.91 Å². The number of ether oxygens (including phenoxy) is 1. The van der Waals surface area contributed by atoms with Gasteiger partial charge in [-0.25, -0.2) is 0 Å². The number of carbonyl (C=O) groups is 1. The second kappa shape index (κ2) is 12.9. The van der Waals surface area contributed by atoms with Crippen molar-refractivity contribution in [3.8, 4) is 17.2 Å². The summed E-state index contributed by atoms with van der Waals surface area (Å²) in [6, 6.07) is 7.44. The Labute approximate surface area is 226 Å². The van der Waals surface area contributed by atoms with Crippen LogP contribution in [0.25, 0.3) is 0 Å². The SMILES string of the molecule is CCN1c2c(O)cccc2C(=O)N(C(C=C(C)CCC=C(C)CCCC(C)C)OC)c2cc(O)cc(O)c21. The number of phenolic OH excluding ortho intramolecular Hbond substituents is 3. The Morgan fingerprint density at radius 1 is 1.03 bits per heavy atom. The van der Waals surface area contributed by atoms with Crippen LogP contribution >= 0.6 is 0 Å². The predicted octanol–water partition coefficient (Wildman–Crippen LogP) is 7.39. The number of nitrogens with zero attached hydrogens (tertiary/aromatic N) is 2. The van der Waals surface area contributed by atoms with Crippen LogP contribution in [0.4, 0.5) is 17.1 Å². The van der Waals surface area contributed by atoms with E-state index in [0.29, 0.717) is 23.6 Å². The zero-order chi connectivity index (χ0) is 28.0. The average Bonchev–Trinajstić information content (AvgIpc) is 2.95. The van der Waals surface area contributed by atoms with Crippen LogP contribution in [0.1, 0.15) is 77.1 Å². The third-order valence-corrected chi connectivity index (χ3v) is 6.94. The van der Waals surface area contributed by atoms with E-state index in [1.807, 2.05) is 19.9 Å². The van der Waals surface area contributed by atoms with E-state index in [1.165, 1.54) is 48.6 Å². The molecule has 1 aliphatic rings. The first kappa shape index (κ1) is 29.1. The summed E-state index contributed by atoms with van der Waals surface area (Å²) >= 11 is 0. The molecule has 0 fully saturated rings. The van der Waals surface area contributed by atoms with Crippen molar-refractivity contribution < 1.29 is 24.9 Å². The van der Waals surface area contributed by atoms with Crippen molar-refractivity contribution >= 4 is 23.0 Å². The minimum absolute atomic E-state index is 0.0748. The molecule has 0 bridgehead atoms. The van der Waals surface area contributed by atoms with Crippen molar-refractivity contribution in [2.24, 2.45) is 5.92 Å².